The number of amides is 1. The van der Waals surface area contributed by atoms with E-state index in [0.717, 1.165) is 0 Å². The Morgan fingerprint density at radius 2 is 2.62 bits per heavy atom. The standard InChI is InChI=1S/C6H7NO/c1-2-5-3-4-6(8)7-5/h2-5H,1H2,(H,7,8). The molecular formula is C6H7NO. The predicted molar refractivity (Wildman–Crippen MR) is 31.3 cm³/mol. The lowest BCUT2D eigenvalue weighted by atomic mass is 10.3. The summed E-state index contributed by atoms with van der Waals surface area (Å²) < 4.78 is 0. The van der Waals surface area contributed by atoms with Crippen LogP contribution in [0.5, 0.6) is 0 Å². The van der Waals surface area contributed by atoms with E-state index in [-0.39, 0.29) is 11.9 Å². The zero-order valence-electron chi connectivity index (χ0n) is 4.42. The van der Waals surface area contributed by atoms with Crippen molar-refractivity contribution in [1.82, 2.24) is 5.32 Å². The smallest absolute Gasteiger partial charge is 0.244 e. The third-order valence-electron chi connectivity index (χ3n) is 1.02. The Bertz CT molecular complexity index is 149. The number of carbonyl (C=O) groups is 1. The predicted octanol–water partition coefficient (Wildman–Crippen LogP) is 0.227. The molecular weight excluding hydrogens is 102 g/mol. The Kier molecular flexibility index (Phi) is 1.16. The van der Waals surface area contributed by atoms with Gasteiger partial charge in [-0.1, -0.05) is 12.2 Å². The lowest BCUT2D eigenvalue weighted by Gasteiger charge is -1.97. The van der Waals surface area contributed by atoms with Gasteiger partial charge >= 0.3 is 0 Å². The quantitative estimate of drug-likeness (QED) is 0.480. The van der Waals surface area contributed by atoms with Crippen LogP contribution in [0, 0.1) is 0 Å². The molecule has 1 atom stereocenters. The van der Waals surface area contributed by atoms with Gasteiger partial charge in [0.05, 0.1) is 6.04 Å². The summed E-state index contributed by atoms with van der Waals surface area (Å²) >= 11 is 0. The largest absolute Gasteiger partial charge is 0.343 e. The summed E-state index contributed by atoms with van der Waals surface area (Å²) in [5.41, 5.74) is 0. The lowest BCUT2D eigenvalue weighted by Crippen LogP contribution is -2.23. The molecule has 0 aromatic carbocycles. The summed E-state index contributed by atoms with van der Waals surface area (Å²) in [7, 11) is 0. The molecule has 0 radical (unpaired) electrons. The molecule has 2 heteroatoms. The van der Waals surface area contributed by atoms with Crippen molar-refractivity contribution < 1.29 is 4.79 Å². The van der Waals surface area contributed by atoms with Crippen molar-refractivity contribution in [3.05, 3.63) is 24.8 Å². The number of nitrogens with one attached hydrogen (secondary N) is 1. The third-order valence-corrected chi connectivity index (χ3v) is 1.02. The van der Waals surface area contributed by atoms with Gasteiger partial charge < -0.3 is 5.32 Å². The molecule has 2 nitrogen and oxygen atoms in total. The average molecular weight is 109 g/mol. The van der Waals surface area contributed by atoms with E-state index in [1.165, 1.54) is 6.08 Å². The van der Waals surface area contributed by atoms with Crippen LogP contribution in [0.15, 0.2) is 24.8 Å². The molecule has 8 heavy (non-hydrogen) atoms. The maximum atomic E-state index is 10.4. The number of carbonyl (C=O) groups excluding carboxylic acids is 1. The number of hydrogen-bond donors (Lipinski definition) is 1. The Hall–Kier alpha value is -1.05. The second-order valence-corrected chi connectivity index (χ2v) is 1.63. The van der Waals surface area contributed by atoms with Gasteiger partial charge in [0.15, 0.2) is 0 Å². The van der Waals surface area contributed by atoms with Gasteiger partial charge in [0.1, 0.15) is 0 Å². The monoisotopic (exact) mass is 109 g/mol. The van der Waals surface area contributed by atoms with Crippen LogP contribution < -0.4 is 5.32 Å². The summed E-state index contributed by atoms with van der Waals surface area (Å²) in [5, 5.41) is 2.64. The van der Waals surface area contributed by atoms with E-state index >= 15 is 0 Å². The summed E-state index contributed by atoms with van der Waals surface area (Å²) in [6.45, 7) is 3.51. The Balaban J connectivity index is 2.58. The van der Waals surface area contributed by atoms with Crippen molar-refractivity contribution in [2.45, 2.75) is 6.04 Å². The Labute approximate surface area is 47.9 Å². The average Bonchev–Trinajstić information content (AvgIpc) is 2.14. The molecule has 42 valence electrons. The summed E-state index contributed by atoms with van der Waals surface area (Å²) in [6.07, 6.45) is 4.96. The fraction of sp³-hybridized carbons (Fsp3) is 0.167. The molecule has 0 bridgehead atoms. The van der Waals surface area contributed by atoms with Gasteiger partial charge in [0.2, 0.25) is 5.91 Å². The molecule has 0 aliphatic carbocycles. The van der Waals surface area contributed by atoms with Gasteiger partial charge in [-0.15, -0.1) is 6.58 Å². The minimum Gasteiger partial charge on any atom is -0.343 e. The van der Waals surface area contributed by atoms with Gasteiger partial charge in [-0.3, -0.25) is 4.79 Å². The van der Waals surface area contributed by atoms with E-state index in [1.54, 1.807) is 12.2 Å². The van der Waals surface area contributed by atoms with Gasteiger partial charge in [-0.2, -0.15) is 0 Å². The van der Waals surface area contributed by atoms with Gasteiger partial charge in [-0.25, -0.2) is 0 Å². The minimum absolute atomic E-state index is 0.0325. The third kappa shape index (κ3) is 0.780. The van der Waals surface area contributed by atoms with E-state index in [9.17, 15) is 4.79 Å². The molecule has 0 saturated carbocycles. The second kappa shape index (κ2) is 1.82. The van der Waals surface area contributed by atoms with Crippen LogP contribution in [-0.2, 0) is 4.79 Å². The number of rotatable bonds is 1. The van der Waals surface area contributed by atoms with Crippen LogP contribution in [0.4, 0.5) is 0 Å². The highest BCUT2D eigenvalue weighted by Gasteiger charge is 2.08. The molecule has 1 amide bonds. The molecule has 1 heterocycles. The first-order valence-electron chi connectivity index (χ1n) is 2.44. The summed E-state index contributed by atoms with van der Waals surface area (Å²) in [6, 6.07) is 0.0579. The second-order valence-electron chi connectivity index (χ2n) is 1.63. The van der Waals surface area contributed by atoms with Crippen LogP contribution in [0.3, 0.4) is 0 Å². The Morgan fingerprint density at radius 3 is 2.88 bits per heavy atom. The van der Waals surface area contributed by atoms with Crippen LogP contribution in [0.1, 0.15) is 0 Å². The minimum atomic E-state index is -0.0325. The molecule has 1 aliphatic heterocycles. The first-order chi connectivity index (χ1) is 3.83. The fourth-order valence-electron chi connectivity index (χ4n) is 0.589. The summed E-state index contributed by atoms with van der Waals surface area (Å²) in [4.78, 5) is 10.4. The van der Waals surface area contributed by atoms with E-state index in [2.05, 4.69) is 11.9 Å². The molecule has 1 rings (SSSR count). The zero-order chi connectivity index (χ0) is 5.98. The fourth-order valence-corrected chi connectivity index (χ4v) is 0.589. The lowest BCUT2D eigenvalue weighted by molar-refractivity contribution is -0.116. The SMILES string of the molecule is C=CC1C=CC(=O)N1. The zero-order valence-corrected chi connectivity index (χ0v) is 4.42. The van der Waals surface area contributed by atoms with Crippen molar-refractivity contribution in [3.63, 3.8) is 0 Å². The molecule has 0 spiro atoms. The van der Waals surface area contributed by atoms with Crippen molar-refractivity contribution in [2.24, 2.45) is 0 Å². The van der Waals surface area contributed by atoms with Crippen molar-refractivity contribution >= 4 is 5.91 Å². The number of hydrogen-bond acceptors (Lipinski definition) is 1. The van der Waals surface area contributed by atoms with E-state index < -0.39 is 0 Å². The summed E-state index contributed by atoms with van der Waals surface area (Å²) in [5.74, 6) is -0.0325. The molecule has 0 aromatic heterocycles. The maximum Gasteiger partial charge on any atom is 0.244 e. The highest BCUT2D eigenvalue weighted by Crippen LogP contribution is 1.94. The van der Waals surface area contributed by atoms with E-state index in [0.29, 0.717) is 0 Å². The first-order valence-corrected chi connectivity index (χ1v) is 2.44. The molecule has 1 aliphatic rings. The normalized spacial score (nSPS) is 25.5. The van der Waals surface area contributed by atoms with Crippen molar-refractivity contribution in [1.29, 1.82) is 0 Å². The van der Waals surface area contributed by atoms with Crippen LogP contribution >= 0.6 is 0 Å². The van der Waals surface area contributed by atoms with Crippen molar-refractivity contribution in [3.8, 4) is 0 Å². The van der Waals surface area contributed by atoms with E-state index in [1.807, 2.05) is 0 Å². The molecule has 0 saturated heterocycles. The van der Waals surface area contributed by atoms with Gasteiger partial charge in [0.25, 0.3) is 0 Å². The van der Waals surface area contributed by atoms with Crippen LogP contribution in [0.25, 0.3) is 0 Å². The van der Waals surface area contributed by atoms with Gasteiger partial charge in [-0.05, 0) is 0 Å². The van der Waals surface area contributed by atoms with Crippen LogP contribution in [0.2, 0.25) is 0 Å². The van der Waals surface area contributed by atoms with E-state index in [4.69, 9.17) is 0 Å². The Morgan fingerprint density at radius 1 is 1.88 bits per heavy atom. The first kappa shape index (κ1) is 5.09. The molecule has 0 aromatic rings. The molecule has 1 unspecified atom stereocenters. The molecule has 1 N–H and O–H groups in total. The van der Waals surface area contributed by atoms with Gasteiger partial charge in [0, 0.05) is 6.08 Å². The maximum absolute atomic E-state index is 10.4. The highest BCUT2D eigenvalue weighted by atomic mass is 16.1. The van der Waals surface area contributed by atoms with Crippen molar-refractivity contribution in [2.75, 3.05) is 0 Å². The highest BCUT2D eigenvalue weighted by molar-refractivity contribution is 5.90. The van der Waals surface area contributed by atoms with Crippen LogP contribution in [-0.4, -0.2) is 11.9 Å². The molecule has 0 fully saturated rings. The topological polar surface area (TPSA) is 29.1 Å².